The quantitative estimate of drug-likeness (QED) is 0.435. The van der Waals surface area contributed by atoms with E-state index in [9.17, 15) is 14.0 Å². The van der Waals surface area contributed by atoms with E-state index < -0.39 is 17.2 Å². The summed E-state index contributed by atoms with van der Waals surface area (Å²) in [5, 5.41) is 8.97. The molecule has 0 unspecified atom stereocenters. The Hall–Kier alpha value is -2.42. The van der Waals surface area contributed by atoms with Crippen LogP contribution >= 0.6 is 27.5 Å². The summed E-state index contributed by atoms with van der Waals surface area (Å²) in [7, 11) is 0. The summed E-state index contributed by atoms with van der Waals surface area (Å²) in [6.45, 7) is 0.511. The molecule has 0 aliphatic heterocycles. The highest BCUT2D eigenvalue weighted by molar-refractivity contribution is 9.10. The largest absolute Gasteiger partial charge is 0.490 e. The average molecular weight is 512 g/mol. The van der Waals surface area contributed by atoms with Gasteiger partial charge < -0.3 is 19.0 Å². The Morgan fingerprint density at radius 2 is 2.00 bits per heavy atom. The van der Waals surface area contributed by atoms with Crippen LogP contribution in [0.15, 0.2) is 50.1 Å². The van der Waals surface area contributed by atoms with E-state index >= 15 is 0 Å². The molecular weight excluding hydrogens is 495 g/mol. The number of hydrogen-bond acceptors (Lipinski definition) is 5. The Kier molecular flexibility index (Phi) is 6.31. The van der Waals surface area contributed by atoms with Gasteiger partial charge in [0.2, 0.25) is 0 Å². The molecule has 0 amide bonds. The summed E-state index contributed by atoms with van der Waals surface area (Å²) >= 11 is 9.47. The summed E-state index contributed by atoms with van der Waals surface area (Å²) in [4.78, 5) is 23.4. The number of fused-ring (bicyclic) bond motifs is 1. The van der Waals surface area contributed by atoms with Gasteiger partial charge in [-0.2, -0.15) is 0 Å². The molecule has 1 fully saturated rings. The van der Waals surface area contributed by atoms with E-state index in [1.807, 2.05) is 0 Å². The molecule has 162 valence electrons. The lowest BCUT2D eigenvalue weighted by Gasteiger charge is -2.32. The van der Waals surface area contributed by atoms with Crippen molar-refractivity contribution < 1.29 is 28.2 Å². The Morgan fingerprint density at radius 1 is 1.23 bits per heavy atom. The van der Waals surface area contributed by atoms with Crippen LogP contribution in [0.2, 0.25) is 5.02 Å². The van der Waals surface area contributed by atoms with E-state index in [-0.39, 0.29) is 47.0 Å². The van der Waals surface area contributed by atoms with Gasteiger partial charge in [-0.25, -0.2) is 4.39 Å². The summed E-state index contributed by atoms with van der Waals surface area (Å²) < 4.78 is 31.7. The maximum Gasteiger partial charge on any atom is 0.306 e. The Morgan fingerprint density at radius 3 is 2.74 bits per heavy atom. The zero-order valence-corrected chi connectivity index (χ0v) is 18.4. The predicted molar refractivity (Wildman–Crippen MR) is 116 cm³/mol. The molecule has 0 radical (unpaired) electrons. The molecule has 0 bridgehead atoms. The van der Waals surface area contributed by atoms with Gasteiger partial charge in [-0.3, -0.25) is 9.59 Å². The van der Waals surface area contributed by atoms with Crippen LogP contribution < -0.4 is 10.2 Å². The summed E-state index contributed by atoms with van der Waals surface area (Å²) in [5.41, 5.74) is 0.200. The molecule has 31 heavy (non-hydrogen) atoms. The van der Waals surface area contributed by atoms with Crippen LogP contribution in [0.1, 0.15) is 12.8 Å². The highest BCUT2D eigenvalue weighted by atomic mass is 79.9. The fourth-order valence-corrected chi connectivity index (χ4v) is 3.99. The molecule has 1 aliphatic rings. The first-order valence-corrected chi connectivity index (χ1v) is 10.7. The van der Waals surface area contributed by atoms with Gasteiger partial charge in [-0.05, 0) is 43.2 Å². The van der Waals surface area contributed by atoms with Gasteiger partial charge in [0.15, 0.2) is 11.0 Å². The molecule has 3 aromatic rings. The number of ether oxygens (including phenoxy) is 2. The van der Waals surface area contributed by atoms with Crippen LogP contribution in [0.4, 0.5) is 4.39 Å². The van der Waals surface area contributed by atoms with E-state index in [1.165, 1.54) is 6.07 Å². The van der Waals surface area contributed by atoms with Crippen LogP contribution in [0.3, 0.4) is 0 Å². The molecule has 1 N–H and O–H groups in total. The Balaban J connectivity index is 1.52. The third-order valence-corrected chi connectivity index (χ3v) is 5.87. The van der Waals surface area contributed by atoms with Gasteiger partial charge in [-0.1, -0.05) is 27.5 Å². The van der Waals surface area contributed by atoms with Crippen molar-refractivity contribution in [2.24, 2.45) is 5.92 Å². The summed E-state index contributed by atoms with van der Waals surface area (Å²) in [6, 6.07) is 8.67. The van der Waals surface area contributed by atoms with Gasteiger partial charge in [0.25, 0.3) is 0 Å². The molecule has 9 heteroatoms. The van der Waals surface area contributed by atoms with Crippen molar-refractivity contribution in [2.75, 3.05) is 13.2 Å². The van der Waals surface area contributed by atoms with E-state index in [0.29, 0.717) is 24.2 Å². The highest BCUT2D eigenvalue weighted by Gasteiger charge is 2.35. The van der Waals surface area contributed by atoms with Gasteiger partial charge >= 0.3 is 5.97 Å². The van der Waals surface area contributed by atoms with Crippen molar-refractivity contribution in [1.82, 2.24) is 0 Å². The van der Waals surface area contributed by atoms with Gasteiger partial charge in [0.1, 0.15) is 23.9 Å². The van der Waals surface area contributed by atoms with Crippen molar-refractivity contribution >= 4 is 44.5 Å². The highest BCUT2D eigenvalue weighted by Crippen LogP contribution is 2.35. The molecular formula is C22H17BrClFO6. The predicted octanol–water partition coefficient (Wildman–Crippen LogP) is 5.27. The lowest BCUT2D eigenvalue weighted by molar-refractivity contribution is -0.151. The molecule has 4 rings (SSSR count). The van der Waals surface area contributed by atoms with Crippen LogP contribution in [0.5, 0.6) is 5.75 Å². The summed E-state index contributed by atoms with van der Waals surface area (Å²) in [6.07, 6.45) is 0.926. The van der Waals surface area contributed by atoms with Crippen molar-refractivity contribution in [2.45, 2.75) is 18.9 Å². The smallest absolute Gasteiger partial charge is 0.306 e. The molecule has 0 atom stereocenters. The van der Waals surface area contributed by atoms with Crippen molar-refractivity contribution in [3.63, 3.8) is 0 Å². The minimum absolute atomic E-state index is 0.00194. The average Bonchev–Trinajstić information content (AvgIpc) is 2.66. The number of aliphatic carboxylic acids is 1. The second kappa shape index (κ2) is 8.98. The van der Waals surface area contributed by atoms with Gasteiger partial charge in [0, 0.05) is 10.5 Å². The van der Waals surface area contributed by atoms with E-state index in [0.717, 1.165) is 16.6 Å². The normalized spacial score (nSPS) is 18.0. The maximum absolute atomic E-state index is 13.6. The Labute approximate surface area is 189 Å². The second-order valence-electron chi connectivity index (χ2n) is 7.23. The number of carboxylic acid groups (broad SMARTS) is 1. The number of benzene rings is 2. The van der Waals surface area contributed by atoms with Gasteiger partial charge in [0.05, 0.1) is 34.6 Å². The SMILES string of the molecule is O=C(O)C1CC(OCCOc2cc(Br)ccc2-c2cc(=O)c3cc(F)cc(Cl)c3o2)C1. The molecule has 0 spiro atoms. The maximum atomic E-state index is 13.6. The van der Waals surface area contributed by atoms with Crippen molar-refractivity contribution in [3.05, 3.63) is 61.9 Å². The van der Waals surface area contributed by atoms with E-state index in [4.69, 9.17) is 30.6 Å². The van der Waals surface area contributed by atoms with Crippen LogP contribution in [-0.4, -0.2) is 30.4 Å². The minimum atomic E-state index is -0.797. The van der Waals surface area contributed by atoms with Crippen molar-refractivity contribution in [1.29, 1.82) is 0 Å². The van der Waals surface area contributed by atoms with Gasteiger partial charge in [-0.15, -0.1) is 0 Å². The molecule has 1 heterocycles. The monoisotopic (exact) mass is 510 g/mol. The molecule has 1 aliphatic carbocycles. The Bertz CT molecular complexity index is 1200. The zero-order valence-electron chi connectivity index (χ0n) is 16.1. The van der Waals surface area contributed by atoms with E-state index in [2.05, 4.69) is 15.9 Å². The fourth-order valence-electron chi connectivity index (χ4n) is 3.40. The number of carboxylic acids is 1. The lowest BCUT2D eigenvalue weighted by atomic mass is 9.82. The molecule has 2 aromatic carbocycles. The fraction of sp³-hybridized carbons (Fsp3) is 0.273. The second-order valence-corrected chi connectivity index (χ2v) is 8.55. The standard InChI is InChI=1S/C22H17BrClFO6/c23-12-1-2-15(19(7-12)30-4-3-29-14-5-11(6-14)22(27)28)20-10-18(26)16-8-13(25)9-17(24)21(16)31-20/h1-2,7-11,14H,3-6H2,(H,27,28). The van der Waals surface area contributed by atoms with E-state index in [1.54, 1.807) is 18.2 Å². The number of hydrogen-bond donors (Lipinski definition) is 1. The number of halogens is 3. The molecule has 0 saturated heterocycles. The lowest BCUT2D eigenvalue weighted by Crippen LogP contribution is -2.37. The van der Waals surface area contributed by atoms with Crippen LogP contribution in [0.25, 0.3) is 22.3 Å². The number of carbonyl (C=O) groups is 1. The summed E-state index contributed by atoms with van der Waals surface area (Å²) in [5.74, 6) is -1.06. The third-order valence-electron chi connectivity index (χ3n) is 5.10. The first kappa shape index (κ1) is 21.8. The first-order valence-electron chi connectivity index (χ1n) is 9.52. The molecule has 1 aromatic heterocycles. The minimum Gasteiger partial charge on any atom is -0.490 e. The first-order chi connectivity index (χ1) is 14.8. The van der Waals surface area contributed by atoms with Crippen molar-refractivity contribution in [3.8, 4) is 17.1 Å². The van der Waals surface area contributed by atoms with Crippen LogP contribution in [0, 0.1) is 11.7 Å². The van der Waals surface area contributed by atoms with Crippen LogP contribution in [-0.2, 0) is 9.53 Å². The zero-order chi connectivity index (χ0) is 22.1. The number of rotatable bonds is 7. The molecule has 6 nitrogen and oxygen atoms in total. The topological polar surface area (TPSA) is 86.0 Å². The molecule has 1 saturated carbocycles. The third kappa shape index (κ3) is 4.76.